The average Bonchev–Trinajstić information content (AvgIpc) is 3.04. The predicted molar refractivity (Wildman–Crippen MR) is 101 cm³/mol. The van der Waals surface area contributed by atoms with E-state index in [1.54, 1.807) is 4.68 Å². The zero-order chi connectivity index (χ0) is 18.0. The highest BCUT2D eigenvalue weighted by Crippen LogP contribution is 2.24. The number of carbonyl (C=O) groups excluding carboxylic acids is 1. The van der Waals surface area contributed by atoms with Crippen LogP contribution in [0.5, 0.6) is 0 Å². The summed E-state index contributed by atoms with van der Waals surface area (Å²) in [5, 5.41) is 4.20. The van der Waals surface area contributed by atoms with Crippen molar-refractivity contribution < 1.29 is 4.79 Å². The van der Waals surface area contributed by atoms with E-state index in [9.17, 15) is 4.79 Å². The highest BCUT2D eigenvalue weighted by molar-refractivity contribution is 5.77. The van der Waals surface area contributed by atoms with Crippen molar-refractivity contribution in [3.63, 3.8) is 0 Å². The molecular weight excluding hydrogens is 312 g/mol. The Morgan fingerprint density at radius 1 is 1.20 bits per heavy atom. The van der Waals surface area contributed by atoms with Crippen molar-refractivity contribution in [2.45, 2.75) is 33.1 Å². The van der Waals surface area contributed by atoms with E-state index in [4.69, 9.17) is 0 Å². The zero-order valence-corrected chi connectivity index (χ0v) is 15.7. The van der Waals surface area contributed by atoms with Crippen LogP contribution < -0.4 is 4.90 Å². The molecule has 1 aromatic heterocycles. The van der Waals surface area contributed by atoms with E-state index >= 15 is 0 Å². The molecule has 1 atom stereocenters. The molecular formula is C20H28N4O. The molecule has 0 spiro atoms. The summed E-state index contributed by atoms with van der Waals surface area (Å²) in [6.07, 6.45) is 4.40. The fraction of sp³-hybridized carbons (Fsp3) is 0.500. The van der Waals surface area contributed by atoms with Gasteiger partial charge in [0.1, 0.15) is 0 Å². The quantitative estimate of drug-likeness (QED) is 0.859. The van der Waals surface area contributed by atoms with E-state index in [-0.39, 0.29) is 11.8 Å². The summed E-state index contributed by atoms with van der Waals surface area (Å²) in [5.41, 5.74) is 5.01. The van der Waals surface area contributed by atoms with Gasteiger partial charge in [0, 0.05) is 51.5 Å². The van der Waals surface area contributed by atoms with Crippen LogP contribution in [0, 0.1) is 13.8 Å². The van der Waals surface area contributed by atoms with E-state index in [0.29, 0.717) is 6.42 Å². The van der Waals surface area contributed by atoms with Crippen molar-refractivity contribution in [3.05, 3.63) is 47.3 Å². The van der Waals surface area contributed by atoms with Crippen LogP contribution in [0.15, 0.2) is 30.6 Å². The molecule has 0 radical (unpaired) electrons. The molecule has 0 N–H and O–H groups in total. The number of aryl methyl sites for hydroxylation is 3. The van der Waals surface area contributed by atoms with Gasteiger partial charge in [-0.15, -0.1) is 0 Å². The van der Waals surface area contributed by atoms with E-state index in [2.05, 4.69) is 49.0 Å². The molecule has 1 aliphatic heterocycles. The minimum Gasteiger partial charge on any atom is -0.368 e. The second kappa shape index (κ2) is 7.30. The Kier molecular flexibility index (Phi) is 5.11. The molecule has 2 aromatic rings. The maximum Gasteiger partial charge on any atom is 0.223 e. The molecule has 1 amide bonds. The number of benzene rings is 1. The number of rotatable bonds is 4. The smallest absolute Gasteiger partial charge is 0.223 e. The van der Waals surface area contributed by atoms with Gasteiger partial charge < -0.3 is 9.80 Å². The van der Waals surface area contributed by atoms with Crippen LogP contribution in [0.1, 0.15) is 36.0 Å². The number of aromatic nitrogens is 2. The molecule has 25 heavy (non-hydrogen) atoms. The lowest BCUT2D eigenvalue weighted by Crippen LogP contribution is -2.49. The molecule has 0 aliphatic carbocycles. The van der Waals surface area contributed by atoms with Gasteiger partial charge in [-0.1, -0.05) is 19.1 Å². The maximum atomic E-state index is 12.6. The lowest BCUT2D eigenvalue weighted by atomic mass is 10.0. The molecule has 2 heterocycles. The van der Waals surface area contributed by atoms with Gasteiger partial charge >= 0.3 is 0 Å². The van der Waals surface area contributed by atoms with Crippen molar-refractivity contribution in [2.75, 3.05) is 31.1 Å². The molecule has 5 nitrogen and oxygen atoms in total. The van der Waals surface area contributed by atoms with Crippen molar-refractivity contribution in [1.29, 1.82) is 0 Å². The Bertz CT molecular complexity index is 744. The van der Waals surface area contributed by atoms with Crippen LogP contribution in [-0.4, -0.2) is 46.8 Å². The summed E-state index contributed by atoms with van der Waals surface area (Å²) in [6, 6.07) is 6.58. The zero-order valence-electron chi connectivity index (χ0n) is 15.7. The monoisotopic (exact) mass is 340 g/mol. The summed E-state index contributed by atoms with van der Waals surface area (Å²) in [6.45, 7) is 9.78. The Balaban J connectivity index is 1.56. The van der Waals surface area contributed by atoms with E-state index in [0.717, 1.165) is 31.7 Å². The van der Waals surface area contributed by atoms with Crippen molar-refractivity contribution >= 4 is 11.6 Å². The third kappa shape index (κ3) is 4.03. The topological polar surface area (TPSA) is 41.4 Å². The van der Waals surface area contributed by atoms with Gasteiger partial charge in [-0.05, 0) is 42.5 Å². The summed E-state index contributed by atoms with van der Waals surface area (Å²) in [4.78, 5) is 17.0. The van der Waals surface area contributed by atoms with Gasteiger partial charge in [-0.25, -0.2) is 0 Å². The number of nitrogens with zero attached hydrogens (tertiary/aromatic N) is 4. The fourth-order valence-electron chi connectivity index (χ4n) is 3.46. The second-order valence-electron chi connectivity index (χ2n) is 7.21. The first-order chi connectivity index (χ1) is 11.9. The van der Waals surface area contributed by atoms with Crippen molar-refractivity contribution in [1.82, 2.24) is 14.7 Å². The minimum absolute atomic E-state index is 0.207. The Hall–Kier alpha value is -2.30. The highest BCUT2D eigenvalue weighted by Gasteiger charge is 2.24. The van der Waals surface area contributed by atoms with Crippen LogP contribution in [0.25, 0.3) is 0 Å². The molecule has 1 unspecified atom stereocenters. The molecule has 0 bridgehead atoms. The second-order valence-corrected chi connectivity index (χ2v) is 7.21. The number of anilines is 1. The maximum absolute atomic E-state index is 12.6. The van der Waals surface area contributed by atoms with E-state index in [1.807, 2.05) is 24.3 Å². The molecule has 5 heteroatoms. The molecule has 0 saturated carbocycles. The number of hydrogen-bond acceptors (Lipinski definition) is 3. The lowest BCUT2D eigenvalue weighted by Gasteiger charge is -2.37. The van der Waals surface area contributed by atoms with Gasteiger partial charge in [0.25, 0.3) is 0 Å². The van der Waals surface area contributed by atoms with Gasteiger partial charge in [-0.3, -0.25) is 9.48 Å². The van der Waals surface area contributed by atoms with Crippen LogP contribution in [0.3, 0.4) is 0 Å². The fourth-order valence-corrected chi connectivity index (χ4v) is 3.46. The highest BCUT2D eigenvalue weighted by atomic mass is 16.2. The van der Waals surface area contributed by atoms with Crippen LogP contribution in [-0.2, 0) is 11.8 Å². The van der Waals surface area contributed by atoms with Gasteiger partial charge in [0.15, 0.2) is 0 Å². The average molecular weight is 340 g/mol. The molecule has 1 fully saturated rings. The molecule has 1 aliphatic rings. The largest absolute Gasteiger partial charge is 0.368 e. The first-order valence-electron chi connectivity index (χ1n) is 9.02. The normalized spacial score (nSPS) is 16.2. The molecule has 1 aromatic carbocycles. The third-order valence-electron chi connectivity index (χ3n) is 5.11. The molecule has 3 rings (SSSR count). The van der Waals surface area contributed by atoms with Gasteiger partial charge in [-0.2, -0.15) is 5.10 Å². The number of amides is 1. The first-order valence-corrected chi connectivity index (χ1v) is 9.02. The standard InChI is InChI=1S/C20H28N4O/c1-15-5-6-16(2)19(11-15)23-7-9-24(10-8-23)20(25)12-17(3)18-13-21-22(4)14-18/h5-6,11,13-14,17H,7-10,12H2,1-4H3. The summed E-state index contributed by atoms with van der Waals surface area (Å²) >= 11 is 0. The number of hydrogen-bond donors (Lipinski definition) is 0. The third-order valence-corrected chi connectivity index (χ3v) is 5.11. The van der Waals surface area contributed by atoms with Gasteiger partial charge in [0.05, 0.1) is 6.20 Å². The van der Waals surface area contributed by atoms with Gasteiger partial charge in [0.2, 0.25) is 5.91 Å². The Morgan fingerprint density at radius 3 is 2.56 bits per heavy atom. The lowest BCUT2D eigenvalue weighted by molar-refractivity contribution is -0.131. The first kappa shape index (κ1) is 17.5. The predicted octanol–water partition coefficient (Wildman–Crippen LogP) is 2.88. The van der Waals surface area contributed by atoms with Crippen molar-refractivity contribution in [3.8, 4) is 0 Å². The molecule has 134 valence electrons. The van der Waals surface area contributed by atoms with Crippen molar-refractivity contribution in [2.24, 2.45) is 7.05 Å². The Morgan fingerprint density at radius 2 is 1.92 bits per heavy atom. The SMILES string of the molecule is Cc1ccc(C)c(N2CCN(C(=O)CC(C)c3cnn(C)c3)CC2)c1. The molecule has 1 saturated heterocycles. The number of carbonyl (C=O) groups is 1. The van der Waals surface area contributed by atoms with E-state index in [1.165, 1.54) is 16.8 Å². The Labute approximate surface area is 150 Å². The number of piperazine rings is 1. The minimum atomic E-state index is 0.207. The van der Waals surface area contributed by atoms with Crippen LogP contribution >= 0.6 is 0 Å². The van der Waals surface area contributed by atoms with Crippen LogP contribution in [0.4, 0.5) is 5.69 Å². The summed E-state index contributed by atoms with van der Waals surface area (Å²) < 4.78 is 1.79. The van der Waals surface area contributed by atoms with Crippen LogP contribution in [0.2, 0.25) is 0 Å². The summed E-state index contributed by atoms with van der Waals surface area (Å²) in [5.74, 6) is 0.454. The summed E-state index contributed by atoms with van der Waals surface area (Å²) in [7, 11) is 1.91. The van der Waals surface area contributed by atoms with E-state index < -0.39 is 0 Å².